The van der Waals surface area contributed by atoms with Crippen LogP contribution >= 0.6 is 0 Å². The smallest absolute Gasteiger partial charge is 0.338 e. The van der Waals surface area contributed by atoms with Crippen molar-refractivity contribution in [2.24, 2.45) is 0 Å². The van der Waals surface area contributed by atoms with E-state index < -0.39 is 0 Å². The molecule has 0 saturated heterocycles. The van der Waals surface area contributed by atoms with Gasteiger partial charge in [0.25, 0.3) is 0 Å². The summed E-state index contributed by atoms with van der Waals surface area (Å²) < 4.78 is 4.92. The van der Waals surface area contributed by atoms with Crippen LogP contribution in [-0.4, -0.2) is 23.0 Å². The number of benzene rings is 1. The van der Waals surface area contributed by atoms with E-state index >= 15 is 0 Å². The van der Waals surface area contributed by atoms with Crippen molar-refractivity contribution in [2.75, 3.05) is 7.11 Å². The van der Waals surface area contributed by atoms with E-state index in [1.54, 1.807) is 18.5 Å². The second kappa shape index (κ2) is 8.56. The second-order valence-electron chi connectivity index (χ2n) is 7.75. The van der Waals surface area contributed by atoms with Crippen LogP contribution in [0.25, 0.3) is 11.1 Å². The molecule has 2 heterocycles. The summed E-state index contributed by atoms with van der Waals surface area (Å²) in [5, 5.41) is 0. The Balaban J connectivity index is 1.54. The van der Waals surface area contributed by atoms with Crippen molar-refractivity contribution in [3.05, 3.63) is 82.9 Å². The molecule has 4 rings (SSSR count). The molecule has 1 unspecified atom stereocenters. The first-order valence-corrected chi connectivity index (χ1v) is 10.2. The van der Waals surface area contributed by atoms with Crippen LogP contribution in [-0.2, 0) is 17.6 Å². The van der Waals surface area contributed by atoms with Gasteiger partial charge in [-0.1, -0.05) is 18.2 Å². The van der Waals surface area contributed by atoms with Crippen LogP contribution in [0.2, 0.25) is 0 Å². The quantitative estimate of drug-likeness (QED) is 0.559. The highest BCUT2D eigenvalue weighted by Crippen LogP contribution is 2.37. The Bertz CT molecular complexity index is 1030. The molecule has 0 N–H and O–H groups in total. The summed E-state index contributed by atoms with van der Waals surface area (Å²) in [7, 11) is 1.42. The number of hydrogen-bond donors (Lipinski definition) is 0. The normalized spacial score (nSPS) is 15.6. The highest BCUT2D eigenvalue weighted by atomic mass is 16.5. The zero-order valence-corrected chi connectivity index (χ0v) is 17.0. The number of aromatic nitrogens is 2. The van der Waals surface area contributed by atoms with Crippen LogP contribution in [0.15, 0.2) is 55.0 Å². The first-order chi connectivity index (χ1) is 14.2. The van der Waals surface area contributed by atoms with Crippen LogP contribution in [0.1, 0.15) is 57.9 Å². The lowest BCUT2D eigenvalue weighted by Gasteiger charge is -2.26. The second-order valence-corrected chi connectivity index (χ2v) is 7.75. The molecule has 4 nitrogen and oxygen atoms in total. The zero-order valence-electron chi connectivity index (χ0n) is 17.0. The number of carbonyl (C=O) groups excluding carboxylic acids is 1. The minimum absolute atomic E-state index is 0.288. The number of ether oxygens (including phenoxy) is 1. The van der Waals surface area contributed by atoms with E-state index in [9.17, 15) is 4.79 Å². The Morgan fingerprint density at radius 3 is 2.83 bits per heavy atom. The summed E-state index contributed by atoms with van der Waals surface area (Å²) in [5.41, 5.74) is 8.02. The summed E-state index contributed by atoms with van der Waals surface area (Å²) >= 11 is 0. The van der Waals surface area contributed by atoms with Gasteiger partial charge in [-0.25, -0.2) is 4.79 Å². The Morgan fingerprint density at radius 2 is 2.00 bits per heavy atom. The van der Waals surface area contributed by atoms with Gasteiger partial charge < -0.3 is 4.74 Å². The lowest BCUT2D eigenvalue weighted by atomic mass is 9.79. The number of aryl methyl sites for hydroxylation is 3. The standard InChI is InChI=1S/C25H26N2O2/c1-17-14-20(10-13-27-17)19-8-9-23-18(4-3-5-21(23)15-19)6-7-22-16-26-12-11-24(22)25(28)29-2/h8-16,18H,3-7H2,1-2H3. The van der Waals surface area contributed by atoms with Crippen LogP contribution in [0.4, 0.5) is 0 Å². The fraction of sp³-hybridized carbons (Fsp3) is 0.320. The molecular formula is C25H26N2O2. The van der Waals surface area contributed by atoms with Crippen LogP contribution in [0.3, 0.4) is 0 Å². The number of nitrogens with zero attached hydrogens (tertiary/aromatic N) is 2. The molecule has 0 radical (unpaired) electrons. The molecule has 0 spiro atoms. The molecule has 0 saturated carbocycles. The molecule has 148 valence electrons. The number of carbonyl (C=O) groups is 1. The minimum Gasteiger partial charge on any atom is -0.465 e. The van der Waals surface area contributed by atoms with Crippen molar-refractivity contribution in [1.82, 2.24) is 9.97 Å². The van der Waals surface area contributed by atoms with Gasteiger partial charge in [-0.3, -0.25) is 9.97 Å². The van der Waals surface area contributed by atoms with E-state index in [1.165, 1.54) is 42.2 Å². The van der Waals surface area contributed by atoms with Gasteiger partial charge in [-0.2, -0.15) is 0 Å². The van der Waals surface area contributed by atoms with Crippen molar-refractivity contribution < 1.29 is 9.53 Å². The maximum atomic E-state index is 12.0. The van der Waals surface area contributed by atoms with Crippen molar-refractivity contribution in [3.8, 4) is 11.1 Å². The summed E-state index contributed by atoms with van der Waals surface area (Å²) in [4.78, 5) is 20.5. The van der Waals surface area contributed by atoms with Crippen LogP contribution in [0.5, 0.6) is 0 Å². The molecule has 1 aliphatic rings. The first kappa shape index (κ1) is 19.3. The third-order valence-corrected chi connectivity index (χ3v) is 5.88. The SMILES string of the molecule is COC(=O)c1ccncc1CCC1CCCc2cc(-c3ccnc(C)c3)ccc21. The monoisotopic (exact) mass is 386 g/mol. The lowest BCUT2D eigenvalue weighted by molar-refractivity contribution is 0.0599. The Kier molecular flexibility index (Phi) is 5.70. The Morgan fingerprint density at radius 1 is 1.14 bits per heavy atom. The number of hydrogen-bond acceptors (Lipinski definition) is 4. The molecule has 4 heteroatoms. The molecule has 1 aromatic carbocycles. The maximum Gasteiger partial charge on any atom is 0.338 e. The third-order valence-electron chi connectivity index (χ3n) is 5.88. The molecule has 0 bridgehead atoms. The van der Waals surface area contributed by atoms with E-state index in [4.69, 9.17) is 4.74 Å². The molecule has 29 heavy (non-hydrogen) atoms. The van der Waals surface area contributed by atoms with Gasteiger partial charge in [0.2, 0.25) is 0 Å². The van der Waals surface area contributed by atoms with Crippen LogP contribution in [0, 0.1) is 6.92 Å². The Hall–Kier alpha value is -3.01. The summed E-state index contributed by atoms with van der Waals surface area (Å²) in [6.07, 6.45) is 10.7. The van der Waals surface area contributed by atoms with E-state index in [1.807, 2.05) is 13.1 Å². The molecule has 0 aliphatic heterocycles. The van der Waals surface area contributed by atoms with Crippen molar-refractivity contribution >= 4 is 5.97 Å². The van der Waals surface area contributed by atoms with Crippen molar-refractivity contribution in [3.63, 3.8) is 0 Å². The summed E-state index contributed by atoms with van der Waals surface area (Å²) in [5.74, 6) is 0.224. The van der Waals surface area contributed by atoms with Gasteiger partial charge in [-0.15, -0.1) is 0 Å². The minimum atomic E-state index is -0.288. The largest absolute Gasteiger partial charge is 0.465 e. The van der Waals surface area contributed by atoms with Gasteiger partial charge in [0.1, 0.15) is 0 Å². The Labute approximate surface area is 172 Å². The molecule has 0 fully saturated rings. The summed E-state index contributed by atoms with van der Waals surface area (Å²) in [6.45, 7) is 2.03. The predicted molar refractivity (Wildman–Crippen MR) is 114 cm³/mol. The topological polar surface area (TPSA) is 52.1 Å². The lowest BCUT2D eigenvalue weighted by Crippen LogP contribution is -2.12. The van der Waals surface area contributed by atoms with E-state index in [2.05, 4.69) is 40.3 Å². The average molecular weight is 386 g/mol. The fourth-order valence-corrected chi connectivity index (χ4v) is 4.38. The first-order valence-electron chi connectivity index (χ1n) is 10.2. The molecule has 0 amide bonds. The molecular weight excluding hydrogens is 360 g/mol. The van der Waals surface area contributed by atoms with E-state index in [-0.39, 0.29) is 5.97 Å². The maximum absolute atomic E-state index is 12.0. The number of methoxy groups -OCH3 is 1. The molecule has 1 aliphatic carbocycles. The third kappa shape index (κ3) is 4.21. The predicted octanol–water partition coefficient (Wildman–Crippen LogP) is 5.29. The fourth-order valence-electron chi connectivity index (χ4n) is 4.38. The van der Waals surface area contributed by atoms with Gasteiger partial charge in [0.15, 0.2) is 0 Å². The van der Waals surface area contributed by atoms with Gasteiger partial charge in [0.05, 0.1) is 12.7 Å². The molecule has 1 atom stereocenters. The van der Waals surface area contributed by atoms with E-state index in [0.29, 0.717) is 11.5 Å². The number of pyridine rings is 2. The van der Waals surface area contributed by atoms with Gasteiger partial charge in [-0.05, 0) is 91.0 Å². The number of esters is 1. The van der Waals surface area contributed by atoms with Gasteiger partial charge in [0, 0.05) is 24.3 Å². The molecule has 2 aromatic heterocycles. The van der Waals surface area contributed by atoms with E-state index in [0.717, 1.165) is 30.5 Å². The average Bonchev–Trinajstić information content (AvgIpc) is 2.77. The van der Waals surface area contributed by atoms with Gasteiger partial charge >= 0.3 is 5.97 Å². The molecule has 3 aromatic rings. The number of fused-ring (bicyclic) bond motifs is 1. The number of rotatable bonds is 5. The van der Waals surface area contributed by atoms with Crippen molar-refractivity contribution in [2.45, 2.75) is 44.9 Å². The van der Waals surface area contributed by atoms with Crippen LogP contribution < -0.4 is 0 Å². The summed E-state index contributed by atoms with van der Waals surface area (Å²) in [6, 6.07) is 12.8. The highest BCUT2D eigenvalue weighted by Gasteiger charge is 2.22. The van der Waals surface area contributed by atoms with Crippen molar-refractivity contribution in [1.29, 1.82) is 0 Å². The highest BCUT2D eigenvalue weighted by molar-refractivity contribution is 5.90. The zero-order chi connectivity index (χ0) is 20.2.